The second kappa shape index (κ2) is 13.0. The van der Waals surface area contributed by atoms with Gasteiger partial charge in [0.05, 0.1) is 41.3 Å². The second-order valence-corrected chi connectivity index (χ2v) is 14.3. The highest BCUT2D eigenvalue weighted by molar-refractivity contribution is 7.92. The molecule has 0 saturated carbocycles. The van der Waals surface area contributed by atoms with Gasteiger partial charge in [0, 0.05) is 36.2 Å². The van der Waals surface area contributed by atoms with Gasteiger partial charge in [-0.05, 0) is 80.4 Å². The second-order valence-electron chi connectivity index (χ2n) is 12.4. The fourth-order valence-electron chi connectivity index (χ4n) is 5.76. The number of benzene rings is 4. The number of carbonyl (C=O) groups is 1. The predicted octanol–water partition coefficient (Wildman–Crippen LogP) is 6.88. The van der Waals surface area contributed by atoms with E-state index in [2.05, 4.69) is 16.4 Å². The lowest BCUT2D eigenvalue weighted by molar-refractivity contribution is 0.0740. The maximum Gasteiger partial charge on any atom is 0.255 e. The normalized spacial score (nSPS) is 11.9. The number of aliphatic hydroxyl groups is 1. The first-order valence-electron chi connectivity index (χ1n) is 15.5. The number of para-hydroxylation sites is 1. The van der Waals surface area contributed by atoms with Crippen LogP contribution in [0, 0.1) is 17.1 Å². The van der Waals surface area contributed by atoms with Crippen molar-refractivity contribution in [3.63, 3.8) is 0 Å². The van der Waals surface area contributed by atoms with Crippen LogP contribution < -0.4 is 14.4 Å². The first-order chi connectivity index (χ1) is 23.7. The molecule has 2 N–H and O–H groups in total. The molecular formula is C37H33FN4O7S. The van der Waals surface area contributed by atoms with E-state index in [-0.39, 0.29) is 41.5 Å². The van der Waals surface area contributed by atoms with E-state index >= 15 is 0 Å². The van der Waals surface area contributed by atoms with Gasteiger partial charge in [0.25, 0.3) is 5.91 Å². The summed E-state index contributed by atoms with van der Waals surface area (Å²) < 4.78 is 59.9. The molecule has 6 aromatic rings. The molecule has 50 heavy (non-hydrogen) atoms. The number of hydrogen-bond donors (Lipinski definition) is 2. The predicted molar refractivity (Wildman–Crippen MR) is 188 cm³/mol. The zero-order valence-electron chi connectivity index (χ0n) is 27.9. The molecule has 6 rings (SSSR count). The molecule has 0 bridgehead atoms. The van der Waals surface area contributed by atoms with Crippen molar-refractivity contribution in [2.45, 2.75) is 25.9 Å². The third-order valence-electron chi connectivity index (χ3n) is 8.24. The Morgan fingerprint density at radius 1 is 1.04 bits per heavy atom. The van der Waals surface area contributed by atoms with Crippen LogP contribution in [0.2, 0.25) is 0 Å². The number of nitrogens with zero attached hydrogens (tertiary/aromatic N) is 3. The lowest BCUT2D eigenvalue weighted by Crippen LogP contribution is -2.35. The first-order valence-corrected chi connectivity index (χ1v) is 17.3. The Bertz CT molecular complexity index is 2420. The van der Waals surface area contributed by atoms with Gasteiger partial charge in [0.15, 0.2) is 5.58 Å². The largest absolute Gasteiger partial charge is 0.496 e. The van der Waals surface area contributed by atoms with Crippen LogP contribution in [0.15, 0.2) is 81.6 Å². The van der Waals surface area contributed by atoms with Crippen LogP contribution >= 0.6 is 0 Å². The van der Waals surface area contributed by atoms with Crippen molar-refractivity contribution in [3.8, 4) is 45.7 Å². The number of nitriles is 1. The molecule has 0 aliphatic rings. The summed E-state index contributed by atoms with van der Waals surface area (Å²) in [7, 11) is -0.989. The highest BCUT2D eigenvalue weighted by Crippen LogP contribution is 2.44. The fraction of sp³-hybridized carbons (Fsp3) is 0.216. The topological polar surface area (TPSA) is 159 Å². The van der Waals surface area contributed by atoms with E-state index in [1.807, 2.05) is 0 Å². The van der Waals surface area contributed by atoms with Crippen LogP contribution in [0.1, 0.15) is 36.2 Å². The van der Waals surface area contributed by atoms with E-state index in [4.69, 9.17) is 13.6 Å². The van der Waals surface area contributed by atoms with Crippen molar-refractivity contribution in [3.05, 3.63) is 89.7 Å². The van der Waals surface area contributed by atoms with Crippen molar-refractivity contribution < 1.29 is 36.3 Å². The summed E-state index contributed by atoms with van der Waals surface area (Å²) >= 11 is 0. The average Bonchev–Trinajstić information content (AvgIpc) is 3.68. The minimum absolute atomic E-state index is 0.0836. The molecule has 0 radical (unpaired) electrons. The number of halogens is 1. The van der Waals surface area contributed by atoms with Gasteiger partial charge in [0.1, 0.15) is 34.5 Å². The number of aromatic nitrogens is 1. The maximum atomic E-state index is 13.9. The molecule has 0 unspecified atom stereocenters. The van der Waals surface area contributed by atoms with Crippen LogP contribution in [0.5, 0.6) is 5.75 Å². The first kappa shape index (κ1) is 34.2. The SMILES string of the molecule is CNC(=O)c1c(-c2ccc(F)cc2)oc2cc(N(CCC(C)(C)O)S(C)(=O)=O)c(-c3ccc(OC)c(-c4nc5c(C#N)cccc5o4)c3)cc12. The van der Waals surface area contributed by atoms with Crippen molar-refractivity contribution in [1.82, 2.24) is 10.3 Å². The summed E-state index contributed by atoms with van der Waals surface area (Å²) in [5.74, 6) is -0.209. The molecule has 0 fully saturated rings. The van der Waals surface area contributed by atoms with Crippen LogP contribution in [-0.2, 0) is 10.0 Å². The Morgan fingerprint density at radius 3 is 2.40 bits per heavy atom. The number of methoxy groups -OCH3 is 1. The number of nitrogens with one attached hydrogen (secondary N) is 1. The van der Waals surface area contributed by atoms with Crippen LogP contribution in [0.25, 0.3) is 56.0 Å². The fourth-order valence-corrected chi connectivity index (χ4v) is 6.69. The Kier molecular flexibility index (Phi) is 8.86. The van der Waals surface area contributed by atoms with Gasteiger partial charge in [-0.2, -0.15) is 5.26 Å². The van der Waals surface area contributed by atoms with E-state index in [0.717, 1.165) is 6.26 Å². The number of ether oxygens (including phenoxy) is 1. The average molecular weight is 697 g/mol. The monoisotopic (exact) mass is 696 g/mol. The van der Waals surface area contributed by atoms with Crippen molar-refractivity contribution in [2.24, 2.45) is 0 Å². The number of rotatable bonds is 10. The molecule has 13 heteroatoms. The molecular weight excluding hydrogens is 663 g/mol. The molecule has 0 aliphatic heterocycles. The number of amides is 1. The number of oxazole rings is 1. The number of fused-ring (bicyclic) bond motifs is 2. The molecule has 2 aromatic heterocycles. The number of furan rings is 1. The number of sulfonamides is 1. The zero-order valence-corrected chi connectivity index (χ0v) is 28.7. The van der Waals surface area contributed by atoms with E-state index in [0.29, 0.717) is 50.1 Å². The van der Waals surface area contributed by atoms with E-state index < -0.39 is 27.3 Å². The molecule has 0 aliphatic carbocycles. The summed E-state index contributed by atoms with van der Waals surface area (Å²) in [5.41, 5.74) is 2.25. The lowest BCUT2D eigenvalue weighted by atomic mass is 9.96. The number of carbonyl (C=O) groups excluding carboxylic acids is 1. The van der Waals surface area contributed by atoms with Gasteiger partial charge in [-0.25, -0.2) is 17.8 Å². The quantitative estimate of drug-likeness (QED) is 0.156. The van der Waals surface area contributed by atoms with Crippen LogP contribution in [-0.4, -0.2) is 57.0 Å². The molecule has 0 saturated heterocycles. The molecule has 2 heterocycles. The molecule has 11 nitrogen and oxygen atoms in total. The van der Waals surface area contributed by atoms with Gasteiger partial charge >= 0.3 is 0 Å². The van der Waals surface area contributed by atoms with Gasteiger partial charge in [-0.3, -0.25) is 9.10 Å². The molecule has 0 spiro atoms. The van der Waals surface area contributed by atoms with E-state index in [1.165, 1.54) is 48.8 Å². The van der Waals surface area contributed by atoms with Crippen LogP contribution in [0.3, 0.4) is 0 Å². The molecule has 1 amide bonds. The Morgan fingerprint density at radius 2 is 1.76 bits per heavy atom. The van der Waals surface area contributed by atoms with Crippen molar-refractivity contribution in [1.29, 1.82) is 5.26 Å². The standard InChI is InChI=1S/C37H33FN4O7S/c1-37(2,44)15-16-42(50(5,45)46)28-19-31-26(32(35(43)40-3)34(48-31)21-9-12-24(38)13-10-21)18-25(28)22-11-14-29(47-4)27(17-22)36-41-33-23(20-39)7-6-8-30(33)49-36/h6-14,17-19,44H,15-16H2,1-5H3,(H,40,43). The van der Waals surface area contributed by atoms with Crippen LogP contribution in [0.4, 0.5) is 10.1 Å². The number of anilines is 1. The summed E-state index contributed by atoms with van der Waals surface area (Å²) in [6.07, 6.45) is 1.16. The zero-order chi connectivity index (χ0) is 36.0. The number of hydrogen-bond acceptors (Lipinski definition) is 9. The lowest BCUT2D eigenvalue weighted by Gasteiger charge is -2.28. The van der Waals surface area contributed by atoms with Crippen molar-refractivity contribution >= 4 is 43.7 Å². The van der Waals surface area contributed by atoms with Gasteiger partial charge in [0.2, 0.25) is 15.9 Å². The minimum Gasteiger partial charge on any atom is -0.496 e. The summed E-state index contributed by atoms with van der Waals surface area (Å²) in [6, 6.07) is 20.9. The summed E-state index contributed by atoms with van der Waals surface area (Å²) in [4.78, 5) is 18.0. The smallest absolute Gasteiger partial charge is 0.255 e. The van der Waals surface area contributed by atoms with E-state index in [9.17, 15) is 28.0 Å². The molecule has 0 atom stereocenters. The minimum atomic E-state index is -3.95. The Balaban J connectivity index is 1.66. The summed E-state index contributed by atoms with van der Waals surface area (Å²) in [5, 5.41) is 23.2. The Labute approximate surface area is 287 Å². The van der Waals surface area contributed by atoms with Gasteiger partial charge in [-0.1, -0.05) is 12.1 Å². The third-order valence-corrected chi connectivity index (χ3v) is 9.42. The maximum absolute atomic E-state index is 13.9. The highest BCUT2D eigenvalue weighted by Gasteiger charge is 2.29. The van der Waals surface area contributed by atoms with Gasteiger partial charge in [-0.15, -0.1) is 0 Å². The molecule has 4 aromatic carbocycles. The summed E-state index contributed by atoms with van der Waals surface area (Å²) in [6.45, 7) is 3.09. The van der Waals surface area contributed by atoms with Crippen molar-refractivity contribution in [2.75, 3.05) is 31.3 Å². The van der Waals surface area contributed by atoms with E-state index in [1.54, 1.807) is 56.3 Å². The molecule has 256 valence electrons. The van der Waals surface area contributed by atoms with Gasteiger partial charge < -0.3 is 24.0 Å². The third kappa shape index (κ3) is 6.50. The Hall–Kier alpha value is -5.71. The highest BCUT2D eigenvalue weighted by atomic mass is 32.2.